The second-order valence-corrected chi connectivity index (χ2v) is 7.50. The van der Waals surface area contributed by atoms with Crippen LogP contribution in [0.1, 0.15) is 40.4 Å². The van der Waals surface area contributed by atoms with Crippen molar-refractivity contribution in [2.45, 2.75) is 40.2 Å². The maximum atomic E-state index is 12.6. The Balaban J connectivity index is 1.65. The standard InChI is InChI=1S/C23H25NO4/c1-14-5-8-18(9-6-14)22(26)17(4)28-23(27)19-12-21(25)24(13-19)20-10-7-15(2)11-16(20)3/h5-11,17,19H,12-13H2,1-4H3/t17-,19-/m1/s1. The number of amides is 1. The van der Waals surface area contributed by atoms with E-state index in [-0.39, 0.29) is 24.7 Å². The second kappa shape index (κ2) is 7.97. The first-order chi connectivity index (χ1) is 13.3. The van der Waals surface area contributed by atoms with Crippen molar-refractivity contribution < 1.29 is 19.1 Å². The van der Waals surface area contributed by atoms with Crippen LogP contribution in [0.15, 0.2) is 42.5 Å². The molecule has 0 bridgehead atoms. The Labute approximate surface area is 165 Å². The Hall–Kier alpha value is -2.95. The SMILES string of the molecule is Cc1ccc(C(=O)[C@@H](C)OC(=O)[C@@H]2CC(=O)N(c3ccc(C)cc3C)C2)cc1. The number of anilines is 1. The molecule has 0 aliphatic carbocycles. The van der Waals surface area contributed by atoms with E-state index < -0.39 is 18.0 Å². The molecule has 146 valence electrons. The molecule has 1 aliphatic rings. The van der Waals surface area contributed by atoms with Crippen molar-refractivity contribution in [1.82, 2.24) is 0 Å². The highest BCUT2D eigenvalue weighted by molar-refractivity contribution is 6.02. The van der Waals surface area contributed by atoms with Gasteiger partial charge in [0.15, 0.2) is 6.10 Å². The van der Waals surface area contributed by atoms with E-state index in [1.165, 1.54) is 0 Å². The van der Waals surface area contributed by atoms with Crippen LogP contribution in [0.25, 0.3) is 0 Å². The Morgan fingerprint density at radius 3 is 2.32 bits per heavy atom. The second-order valence-electron chi connectivity index (χ2n) is 7.50. The van der Waals surface area contributed by atoms with Gasteiger partial charge in [0.1, 0.15) is 0 Å². The van der Waals surface area contributed by atoms with Crippen molar-refractivity contribution in [3.63, 3.8) is 0 Å². The highest BCUT2D eigenvalue weighted by Crippen LogP contribution is 2.29. The van der Waals surface area contributed by atoms with Gasteiger partial charge >= 0.3 is 5.97 Å². The van der Waals surface area contributed by atoms with Gasteiger partial charge in [0, 0.05) is 24.2 Å². The predicted octanol–water partition coefficient (Wildman–Crippen LogP) is 3.78. The molecule has 1 saturated heterocycles. The molecule has 5 heteroatoms. The molecule has 2 atom stereocenters. The number of hydrogen-bond donors (Lipinski definition) is 0. The van der Waals surface area contributed by atoms with Crippen LogP contribution in [0.3, 0.4) is 0 Å². The van der Waals surface area contributed by atoms with E-state index in [0.717, 1.165) is 22.4 Å². The molecule has 0 saturated carbocycles. The van der Waals surface area contributed by atoms with Gasteiger partial charge in [-0.05, 0) is 39.3 Å². The average Bonchev–Trinajstić information content (AvgIpc) is 3.03. The molecule has 0 aromatic heterocycles. The maximum Gasteiger partial charge on any atom is 0.312 e. The average molecular weight is 379 g/mol. The van der Waals surface area contributed by atoms with E-state index in [9.17, 15) is 14.4 Å². The summed E-state index contributed by atoms with van der Waals surface area (Å²) < 4.78 is 5.40. The number of rotatable bonds is 5. The van der Waals surface area contributed by atoms with Crippen LogP contribution in [0, 0.1) is 26.7 Å². The molecule has 0 spiro atoms. The normalized spacial score (nSPS) is 17.5. The smallest absolute Gasteiger partial charge is 0.312 e. The Bertz CT molecular complexity index is 917. The van der Waals surface area contributed by atoms with Crippen molar-refractivity contribution >= 4 is 23.3 Å². The summed E-state index contributed by atoms with van der Waals surface area (Å²) in [5.74, 6) is -1.43. The minimum absolute atomic E-state index is 0.0948. The summed E-state index contributed by atoms with van der Waals surface area (Å²) in [7, 11) is 0. The molecule has 0 N–H and O–H groups in total. The Kier molecular flexibility index (Phi) is 5.63. The Morgan fingerprint density at radius 2 is 1.68 bits per heavy atom. The van der Waals surface area contributed by atoms with E-state index in [0.29, 0.717) is 5.56 Å². The van der Waals surface area contributed by atoms with E-state index >= 15 is 0 Å². The molecule has 3 rings (SSSR count). The lowest BCUT2D eigenvalue weighted by atomic mass is 10.1. The third-order valence-corrected chi connectivity index (χ3v) is 5.10. The molecule has 2 aromatic rings. The number of ketones is 1. The monoisotopic (exact) mass is 379 g/mol. The summed E-state index contributed by atoms with van der Waals surface area (Å²) in [6, 6.07) is 13.0. The van der Waals surface area contributed by atoms with Gasteiger partial charge < -0.3 is 9.64 Å². The molecular formula is C23H25NO4. The van der Waals surface area contributed by atoms with Gasteiger partial charge in [0.2, 0.25) is 11.7 Å². The maximum absolute atomic E-state index is 12.6. The van der Waals surface area contributed by atoms with Gasteiger partial charge in [0.25, 0.3) is 0 Å². The van der Waals surface area contributed by atoms with E-state index in [1.54, 1.807) is 24.0 Å². The number of carbonyl (C=O) groups is 3. The van der Waals surface area contributed by atoms with Crippen molar-refractivity contribution in [2.24, 2.45) is 5.92 Å². The lowest BCUT2D eigenvalue weighted by molar-refractivity contribution is -0.151. The summed E-state index contributed by atoms with van der Waals surface area (Å²) in [5.41, 5.74) is 4.48. The highest BCUT2D eigenvalue weighted by atomic mass is 16.5. The molecule has 1 fully saturated rings. The largest absolute Gasteiger partial charge is 0.454 e. The van der Waals surface area contributed by atoms with Crippen molar-refractivity contribution in [1.29, 1.82) is 0 Å². The molecule has 28 heavy (non-hydrogen) atoms. The van der Waals surface area contributed by atoms with E-state index in [4.69, 9.17) is 4.74 Å². The molecular weight excluding hydrogens is 354 g/mol. The molecule has 1 aliphatic heterocycles. The van der Waals surface area contributed by atoms with E-state index in [1.807, 2.05) is 51.1 Å². The number of aryl methyl sites for hydroxylation is 3. The number of nitrogens with zero attached hydrogens (tertiary/aromatic N) is 1. The number of esters is 1. The lowest BCUT2D eigenvalue weighted by Gasteiger charge is -2.20. The van der Waals surface area contributed by atoms with Gasteiger partial charge in [-0.3, -0.25) is 14.4 Å². The first-order valence-electron chi connectivity index (χ1n) is 9.45. The number of Topliss-reactive ketones (excluding diaryl/α,β-unsaturated/α-hetero) is 1. The van der Waals surface area contributed by atoms with Gasteiger partial charge in [-0.15, -0.1) is 0 Å². The van der Waals surface area contributed by atoms with Crippen LogP contribution in [0.2, 0.25) is 0 Å². The van der Waals surface area contributed by atoms with Gasteiger partial charge in [-0.25, -0.2) is 0 Å². The minimum atomic E-state index is -0.888. The lowest BCUT2D eigenvalue weighted by Crippen LogP contribution is -2.30. The van der Waals surface area contributed by atoms with Gasteiger partial charge in [-0.1, -0.05) is 47.5 Å². The molecule has 2 aromatic carbocycles. The topological polar surface area (TPSA) is 63.7 Å². The van der Waals surface area contributed by atoms with Crippen LogP contribution in [-0.2, 0) is 14.3 Å². The number of benzene rings is 2. The zero-order valence-electron chi connectivity index (χ0n) is 16.7. The first-order valence-corrected chi connectivity index (χ1v) is 9.45. The summed E-state index contributed by atoms with van der Waals surface area (Å²) in [4.78, 5) is 39.1. The number of carbonyl (C=O) groups excluding carboxylic acids is 3. The van der Waals surface area contributed by atoms with Crippen molar-refractivity contribution in [2.75, 3.05) is 11.4 Å². The van der Waals surface area contributed by atoms with Crippen LogP contribution in [0.4, 0.5) is 5.69 Å². The summed E-state index contributed by atoms with van der Waals surface area (Å²) in [5, 5.41) is 0. The molecule has 1 amide bonds. The fourth-order valence-electron chi connectivity index (χ4n) is 3.48. The third kappa shape index (κ3) is 4.14. The fraction of sp³-hybridized carbons (Fsp3) is 0.348. The zero-order chi connectivity index (χ0) is 20.4. The summed E-state index contributed by atoms with van der Waals surface area (Å²) in [6.45, 7) is 7.72. The van der Waals surface area contributed by atoms with Crippen LogP contribution in [-0.4, -0.2) is 30.3 Å². The molecule has 0 radical (unpaired) electrons. The third-order valence-electron chi connectivity index (χ3n) is 5.10. The number of hydrogen-bond acceptors (Lipinski definition) is 4. The fourth-order valence-corrected chi connectivity index (χ4v) is 3.48. The molecule has 1 heterocycles. The zero-order valence-corrected chi connectivity index (χ0v) is 16.7. The van der Waals surface area contributed by atoms with Crippen LogP contribution < -0.4 is 4.90 Å². The van der Waals surface area contributed by atoms with Crippen LogP contribution in [0.5, 0.6) is 0 Å². The predicted molar refractivity (Wildman–Crippen MR) is 107 cm³/mol. The minimum Gasteiger partial charge on any atom is -0.454 e. The summed E-state index contributed by atoms with van der Waals surface area (Å²) >= 11 is 0. The summed E-state index contributed by atoms with van der Waals surface area (Å²) in [6.07, 6.45) is -0.794. The van der Waals surface area contributed by atoms with Gasteiger partial charge in [0.05, 0.1) is 5.92 Å². The van der Waals surface area contributed by atoms with Gasteiger partial charge in [-0.2, -0.15) is 0 Å². The number of ether oxygens (including phenoxy) is 1. The first kappa shape index (κ1) is 19.8. The van der Waals surface area contributed by atoms with E-state index in [2.05, 4.69) is 0 Å². The molecule has 0 unspecified atom stereocenters. The van der Waals surface area contributed by atoms with Crippen LogP contribution >= 0.6 is 0 Å². The quantitative estimate of drug-likeness (QED) is 0.586. The highest BCUT2D eigenvalue weighted by Gasteiger charge is 2.37. The molecule has 5 nitrogen and oxygen atoms in total. The van der Waals surface area contributed by atoms with Crippen molar-refractivity contribution in [3.05, 3.63) is 64.7 Å². The van der Waals surface area contributed by atoms with Crippen molar-refractivity contribution in [3.8, 4) is 0 Å². The Morgan fingerprint density at radius 1 is 1.04 bits per heavy atom.